The van der Waals surface area contributed by atoms with Gasteiger partial charge in [0, 0.05) is 30.2 Å². The third kappa shape index (κ3) is 6.42. The van der Waals surface area contributed by atoms with Crippen molar-refractivity contribution in [2.75, 3.05) is 13.7 Å². The van der Waals surface area contributed by atoms with Crippen LogP contribution in [0.15, 0.2) is 35.5 Å². The first-order chi connectivity index (χ1) is 12.3. The Bertz CT molecular complexity index is 715. The first-order valence-corrected chi connectivity index (χ1v) is 9.69. The van der Waals surface area contributed by atoms with Crippen LogP contribution in [-0.4, -0.2) is 24.6 Å². The van der Waals surface area contributed by atoms with Crippen LogP contribution in [0.25, 0.3) is 0 Å². The number of halogens is 1. The number of para-hydroxylation sites is 1. The molecular weight excluding hydrogens is 459 g/mol. The molecule has 0 atom stereocenters. The highest BCUT2D eigenvalue weighted by molar-refractivity contribution is 14.0. The highest BCUT2D eigenvalue weighted by Gasteiger charge is 2.22. The van der Waals surface area contributed by atoms with Crippen LogP contribution in [-0.2, 0) is 19.5 Å². The summed E-state index contributed by atoms with van der Waals surface area (Å²) in [6, 6.07) is 8.19. The molecule has 1 aliphatic rings. The van der Waals surface area contributed by atoms with E-state index in [9.17, 15) is 0 Å². The van der Waals surface area contributed by atoms with Crippen molar-refractivity contribution in [3.63, 3.8) is 0 Å². The normalized spacial score (nSPS) is 13.8. The van der Waals surface area contributed by atoms with E-state index in [0.717, 1.165) is 41.2 Å². The van der Waals surface area contributed by atoms with E-state index in [2.05, 4.69) is 33.6 Å². The molecule has 0 spiro atoms. The molecule has 1 aromatic carbocycles. The van der Waals surface area contributed by atoms with Crippen LogP contribution in [0.2, 0.25) is 0 Å². The molecule has 26 heavy (non-hydrogen) atoms. The van der Waals surface area contributed by atoms with Gasteiger partial charge in [0.1, 0.15) is 10.8 Å². The van der Waals surface area contributed by atoms with Crippen molar-refractivity contribution >= 4 is 41.3 Å². The van der Waals surface area contributed by atoms with Gasteiger partial charge in [-0.15, -0.1) is 35.3 Å². The van der Waals surface area contributed by atoms with E-state index in [1.807, 2.05) is 24.4 Å². The summed E-state index contributed by atoms with van der Waals surface area (Å²) >= 11 is 1.74. The minimum absolute atomic E-state index is 0. The molecule has 0 saturated heterocycles. The highest BCUT2D eigenvalue weighted by Crippen LogP contribution is 2.30. The van der Waals surface area contributed by atoms with Crippen LogP contribution >= 0.6 is 35.3 Å². The summed E-state index contributed by atoms with van der Waals surface area (Å²) in [6.07, 6.45) is 5.58. The lowest BCUT2D eigenvalue weighted by molar-refractivity contribution is 0.296. The summed E-state index contributed by atoms with van der Waals surface area (Å²) in [7, 11) is 1.78. The SMILES string of the molecule is CCc1cnc(CNC(=NC)NCc2ccccc2OCC2CC2)s1.I. The second-order valence-corrected chi connectivity index (χ2v) is 7.42. The summed E-state index contributed by atoms with van der Waals surface area (Å²) < 4.78 is 5.96. The maximum atomic E-state index is 5.96. The van der Waals surface area contributed by atoms with Crippen LogP contribution in [0.3, 0.4) is 0 Å². The van der Waals surface area contributed by atoms with Crippen molar-refractivity contribution in [1.82, 2.24) is 15.6 Å². The number of hydrogen-bond acceptors (Lipinski definition) is 4. The van der Waals surface area contributed by atoms with E-state index < -0.39 is 0 Å². The Morgan fingerprint density at radius 3 is 2.73 bits per heavy atom. The molecule has 1 aliphatic carbocycles. The smallest absolute Gasteiger partial charge is 0.191 e. The van der Waals surface area contributed by atoms with Crippen molar-refractivity contribution < 1.29 is 4.74 Å². The monoisotopic (exact) mass is 486 g/mol. The summed E-state index contributed by atoms with van der Waals surface area (Å²) in [5.41, 5.74) is 1.15. The fraction of sp³-hybridized carbons (Fsp3) is 0.474. The summed E-state index contributed by atoms with van der Waals surface area (Å²) in [5.74, 6) is 2.48. The fourth-order valence-corrected chi connectivity index (χ4v) is 3.24. The van der Waals surface area contributed by atoms with Crippen molar-refractivity contribution in [3.8, 4) is 5.75 Å². The van der Waals surface area contributed by atoms with E-state index in [1.165, 1.54) is 17.7 Å². The van der Waals surface area contributed by atoms with Crippen LogP contribution in [0.1, 0.15) is 35.2 Å². The molecule has 0 radical (unpaired) electrons. The molecule has 0 unspecified atom stereocenters. The minimum Gasteiger partial charge on any atom is -0.493 e. The number of nitrogens with zero attached hydrogens (tertiary/aromatic N) is 2. The Balaban J connectivity index is 0.00000243. The van der Waals surface area contributed by atoms with E-state index >= 15 is 0 Å². The molecule has 1 fully saturated rings. The van der Waals surface area contributed by atoms with Gasteiger partial charge in [0.2, 0.25) is 0 Å². The first kappa shape index (κ1) is 21.0. The molecular formula is C19H27IN4OS. The fourth-order valence-electron chi connectivity index (χ4n) is 2.43. The largest absolute Gasteiger partial charge is 0.493 e. The van der Waals surface area contributed by atoms with E-state index in [1.54, 1.807) is 18.4 Å². The van der Waals surface area contributed by atoms with Crippen LogP contribution in [0.4, 0.5) is 0 Å². The van der Waals surface area contributed by atoms with Gasteiger partial charge in [-0.05, 0) is 31.2 Å². The summed E-state index contributed by atoms with van der Waals surface area (Å²) in [4.78, 5) is 10.0. The third-order valence-electron chi connectivity index (χ3n) is 4.17. The van der Waals surface area contributed by atoms with E-state index in [-0.39, 0.29) is 24.0 Å². The number of guanidine groups is 1. The van der Waals surface area contributed by atoms with Crippen molar-refractivity contribution in [2.24, 2.45) is 10.9 Å². The van der Waals surface area contributed by atoms with Gasteiger partial charge in [-0.25, -0.2) is 4.98 Å². The number of benzene rings is 1. The lowest BCUT2D eigenvalue weighted by Gasteiger charge is -2.14. The molecule has 0 amide bonds. The van der Waals surface area contributed by atoms with Gasteiger partial charge >= 0.3 is 0 Å². The number of aliphatic imine (C=N–C) groups is 1. The van der Waals surface area contributed by atoms with Gasteiger partial charge < -0.3 is 15.4 Å². The quantitative estimate of drug-likeness (QED) is 0.337. The van der Waals surface area contributed by atoms with Gasteiger partial charge in [-0.3, -0.25) is 4.99 Å². The number of aryl methyl sites for hydroxylation is 1. The highest BCUT2D eigenvalue weighted by atomic mass is 127. The van der Waals surface area contributed by atoms with Gasteiger partial charge in [0.05, 0.1) is 13.2 Å². The van der Waals surface area contributed by atoms with Gasteiger partial charge in [0.25, 0.3) is 0 Å². The van der Waals surface area contributed by atoms with E-state index in [4.69, 9.17) is 4.74 Å². The maximum Gasteiger partial charge on any atom is 0.191 e. The minimum atomic E-state index is 0. The van der Waals surface area contributed by atoms with Crippen LogP contribution < -0.4 is 15.4 Å². The maximum absolute atomic E-state index is 5.96. The number of ether oxygens (including phenoxy) is 1. The zero-order valence-corrected chi connectivity index (χ0v) is 18.5. The molecule has 1 heterocycles. The second kappa shape index (κ2) is 10.7. The van der Waals surface area contributed by atoms with Crippen LogP contribution in [0.5, 0.6) is 5.75 Å². The van der Waals surface area contributed by atoms with Crippen molar-refractivity contribution in [1.29, 1.82) is 0 Å². The Hall–Kier alpha value is -1.35. The van der Waals surface area contributed by atoms with Crippen molar-refractivity contribution in [2.45, 2.75) is 39.3 Å². The molecule has 2 N–H and O–H groups in total. The number of hydrogen-bond donors (Lipinski definition) is 2. The third-order valence-corrected chi connectivity index (χ3v) is 5.31. The molecule has 142 valence electrons. The van der Waals surface area contributed by atoms with Gasteiger partial charge in [0.15, 0.2) is 5.96 Å². The number of thiazole rings is 1. The zero-order valence-electron chi connectivity index (χ0n) is 15.3. The number of nitrogens with one attached hydrogen (secondary N) is 2. The molecule has 1 saturated carbocycles. The van der Waals surface area contributed by atoms with Gasteiger partial charge in [-0.1, -0.05) is 25.1 Å². The molecule has 2 aromatic rings. The Kier molecular flexibility index (Phi) is 8.64. The van der Waals surface area contributed by atoms with Crippen LogP contribution in [0, 0.1) is 5.92 Å². The standard InChI is InChI=1S/C19H26N4OS.HI/c1-3-16-11-21-18(25-16)12-23-19(20-2)22-10-15-6-4-5-7-17(15)24-13-14-8-9-14;/h4-7,11,14H,3,8-10,12-13H2,1-2H3,(H2,20,22,23);1H. The average Bonchev–Trinajstić information content (AvgIpc) is 3.37. The summed E-state index contributed by atoms with van der Waals surface area (Å²) in [5, 5.41) is 7.75. The zero-order chi connectivity index (χ0) is 17.5. The Morgan fingerprint density at radius 1 is 1.27 bits per heavy atom. The van der Waals surface area contributed by atoms with Gasteiger partial charge in [-0.2, -0.15) is 0 Å². The topological polar surface area (TPSA) is 58.5 Å². The molecule has 3 rings (SSSR count). The molecule has 5 nitrogen and oxygen atoms in total. The molecule has 7 heteroatoms. The second-order valence-electron chi connectivity index (χ2n) is 6.22. The molecule has 0 aliphatic heterocycles. The molecule has 0 bridgehead atoms. The Labute approximate surface area is 176 Å². The lowest BCUT2D eigenvalue weighted by Crippen LogP contribution is -2.36. The van der Waals surface area contributed by atoms with Crippen molar-refractivity contribution in [3.05, 3.63) is 45.9 Å². The predicted octanol–water partition coefficient (Wildman–Crippen LogP) is 3.98. The van der Waals surface area contributed by atoms with E-state index in [0.29, 0.717) is 13.1 Å². The predicted molar refractivity (Wildman–Crippen MR) is 119 cm³/mol. The first-order valence-electron chi connectivity index (χ1n) is 8.87. The number of aromatic nitrogens is 1. The summed E-state index contributed by atoms with van der Waals surface area (Å²) in [6.45, 7) is 4.34. The number of rotatable bonds is 8. The molecule has 1 aromatic heterocycles. The lowest BCUT2D eigenvalue weighted by atomic mass is 10.2. The average molecular weight is 486 g/mol. The Morgan fingerprint density at radius 2 is 2.04 bits per heavy atom.